The van der Waals surface area contributed by atoms with E-state index in [0.717, 1.165) is 5.56 Å². The highest BCUT2D eigenvalue weighted by molar-refractivity contribution is 5.70. The number of rotatable bonds is 8. The minimum absolute atomic E-state index is 0.0467. The molecule has 0 saturated carbocycles. The number of ether oxygens (including phenoxy) is 5. The Morgan fingerprint density at radius 1 is 1.17 bits per heavy atom. The zero-order chi connectivity index (χ0) is 20.8. The first-order valence-electron chi connectivity index (χ1n) is 8.89. The van der Waals surface area contributed by atoms with Crippen LogP contribution in [-0.4, -0.2) is 31.9 Å². The lowest BCUT2D eigenvalue weighted by Crippen LogP contribution is -2.15. The quantitative estimate of drug-likeness (QED) is 0.376. The fourth-order valence-electron chi connectivity index (χ4n) is 3.01. The maximum atomic E-state index is 12.2. The number of carbonyl (C=O) groups excluding carboxylic acids is 1. The van der Waals surface area contributed by atoms with Gasteiger partial charge in [-0.05, 0) is 24.1 Å². The Bertz CT molecular complexity index is 912. The minimum Gasteiger partial charge on any atom is -0.493 e. The number of nitrogens with zero attached hydrogens (tertiary/aromatic N) is 1. The SMILES string of the molecule is COc1ccc(CCC(=O)OCc2cc([N+](=O)[O-])cc3c2OCOC3)cc1OC. The third-order valence-electron chi connectivity index (χ3n) is 4.44. The molecule has 0 aliphatic carbocycles. The van der Waals surface area contributed by atoms with E-state index < -0.39 is 10.9 Å². The molecule has 0 aromatic heterocycles. The average Bonchev–Trinajstić information content (AvgIpc) is 2.75. The van der Waals surface area contributed by atoms with Gasteiger partial charge in [0.2, 0.25) is 0 Å². The molecule has 9 nitrogen and oxygen atoms in total. The summed E-state index contributed by atoms with van der Waals surface area (Å²) in [5.74, 6) is 1.24. The molecule has 154 valence electrons. The average molecular weight is 403 g/mol. The molecule has 0 unspecified atom stereocenters. The van der Waals surface area contributed by atoms with Crippen LogP contribution in [0.5, 0.6) is 17.2 Å². The van der Waals surface area contributed by atoms with Crippen LogP contribution in [0.4, 0.5) is 5.69 Å². The Morgan fingerprint density at radius 3 is 2.69 bits per heavy atom. The van der Waals surface area contributed by atoms with E-state index in [9.17, 15) is 14.9 Å². The lowest BCUT2D eigenvalue weighted by molar-refractivity contribution is -0.385. The standard InChI is InChI=1S/C20H21NO8/c1-25-17-5-3-13(7-18(17)26-2)4-6-19(22)28-11-15-9-16(21(23)24)8-14-10-27-12-29-20(14)15/h3,5,7-9H,4,6,10-12H2,1-2H3. The summed E-state index contributed by atoms with van der Waals surface area (Å²) in [6, 6.07) is 8.17. The van der Waals surface area contributed by atoms with Crippen LogP contribution in [0.25, 0.3) is 0 Å². The summed E-state index contributed by atoms with van der Waals surface area (Å²) in [5.41, 5.74) is 1.79. The smallest absolute Gasteiger partial charge is 0.306 e. The van der Waals surface area contributed by atoms with Crippen LogP contribution in [0.3, 0.4) is 0 Å². The van der Waals surface area contributed by atoms with Gasteiger partial charge >= 0.3 is 5.97 Å². The molecule has 1 aliphatic rings. The molecule has 3 rings (SSSR count). The van der Waals surface area contributed by atoms with Crippen molar-refractivity contribution in [3.63, 3.8) is 0 Å². The van der Waals surface area contributed by atoms with Gasteiger partial charge in [0.15, 0.2) is 18.3 Å². The van der Waals surface area contributed by atoms with E-state index in [4.69, 9.17) is 23.7 Å². The summed E-state index contributed by atoms with van der Waals surface area (Å²) >= 11 is 0. The second kappa shape index (κ2) is 9.24. The van der Waals surface area contributed by atoms with Gasteiger partial charge in [-0.15, -0.1) is 0 Å². The van der Waals surface area contributed by atoms with Crippen molar-refractivity contribution < 1.29 is 33.4 Å². The molecule has 0 amide bonds. The van der Waals surface area contributed by atoms with E-state index in [1.807, 2.05) is 6.07 Å². The molecule has 9 heteroatoms. The number of aryl methyl sites for hydroxylation is 1. The van der Waals surface area contributed by atoms with Gasteiger partial charge < -0.3 is 23.7 Å². The number of hydrogen-bond acceptors (Lipinski definition) is 8. The number of hydrogen-bond donors (Lipinski definition) is 0. The number of esters is 1. The maximum absolute atomic E-state index is 12.2. The van der Waals surface area contributed by atoms with Crippen molar-refractivity contribution in [3.8, 4) is 17.2 Å². The molecule has 2 aromatic carbocycles. The van der Waals surface area contributed by atoms with Crippen molar-refractivity contribution >= 4 is 11.7 Å². The first-order chi connectivity index (χ1) is 14.0. The Morgan fingerprint density at radius 2 is 1.97 bits per heavy atom. The molecular weight excluding hydrogens is 382 g/mol. The van der Waals surface area contributed by atoms with Crippen LogP contribution in [-0.2, 0) is 33.9 Å². The second-order valence-electron chi connectivity index (χ2n) is 6.31. The van der Waals surface area contributed by atoms with Crippen molar-refractivity contribution in [2.24, 2.45) is 0 Å². The number of nitro groups is 1. The summed E-state index contributed by atoms with van der Waals surface area (Å²) in [7, 11) is 3.10. The highest BCUT2D eigenvalue weighted by atomic mass is 16.7. The Labute approximate surface area is 167 Å². The normalized spacial score (nSPS) is 12.5. The summed E-state index contributed by atoms with van der Waals surface area (Å²) < 4.78 is 26.4. The van der Waals surface area contributed by atoms with Crippen LogP contribution in [0, 0.1) is 10.1 Å². The van der Waals surface area contributed by atoms with Crippen molar-refractivity contribution in [1.29, 1.82) is 0 Å². The van der Waals surface area contributed by atoms with Gasteiger partial charge in [0.25, 0.3) is 5.69 Å². The lowest BCUT2D eigenvalue weighted by Gasteiger charge is -2.20. The van der Waals surface area contributed by atoms with Gasteiger partial charge in [0, 0.05) is 29.7 Å². The molecule has 1 heterocycles. The number of methoxy groups -OCH3 is 2. The number of non-ortho nitro benzene ring substituents is 1. The highest BCUT2D eigenvalue weighted by Gasteiger charge is 2.21. The Balaban J connectivity index is 1.62. The fraction of sp³-hybridized carbons (Fsp3) is 0.350. The number of fused-ring (bicyclic) bond motifs is 1. The van der Waals surface area contributed by atoms with Crippen LogP contribution in [0.2, 0.25) is 0 Å². The molecule has 0 radical (unpaired) electrons. The maximum Gasteiger partial charge on any atom is 0.306 e. The van der Waals surface area contributed by atoms with Crippen LogP contribution in [0.1, 0.15) is 23.1 Å². The monoisotopic (exact) mass is 403 g/mol. The number of nitro benzene ring substituents is 1. The number of carbonyl (C=O) groups is 1. The third-order valence-corrected chi connectivity index (χ3v) is 4.44. The summed E-state index contributed by atoms with van der Waals surface area (Å²) in [6.45, 7) is 0.136. The predicted molar refractivity (Wildman–Crippen MR) is 101 cm³/mol. The van der Waals surface area contributed by atoms with Gasteiger partial charge in [0.05, 0.1) is 25.7 Å². The van der Waals surface area contributed by atoms with E-state index in [1.54, 1.807) is 26.4 Å². The van der Waals surface area contributed by atoms with Gasteiger partial charge in [-0.3, -0.25) is 14.9 Å². The molecule has 1 aliphatic heterocycles. The Hall–Kier alpha value is -3.33. The van der Waals surface area contributed by atoms with E-state index in [-0.39, 0.29) is 32.1 Å². The summed E-state index contributed by atoms with van der Waals surface area (Å²) in [6.07, 6.45) is 0.604. The molecule has 29 heavy (non-hydrogen) atoms. The topological polar surface area (TPSA) is 106 Å². The van der Waals surface area contributed by atoms with E-state index >= 15 is 0 Å². The Kier molecular flexibility index (Phi) is 6.50. The molecule has 0 spiro atoms. The van der Waals surface area contributed by atoms with Gasteiger partial charge in [0.1, 0.15) is 12.4 Å². The van der Waals surface area contributed by atoms with E-state index in [0.29, 0.717) is 34.8 Å². The van der Waals surface area contributed by atoms with Gasteiger partial charge in [-0.2, -0.15) is 0 Å². The molecular formula is C20H21NO8. The predicted octanol–water partition coefficient (Wildman–Crippen LogP) is 3.15. The van der Waals surface area contributed by atoms with Crippen LogP contribution in [0.15, 0.2) is 30.3 Å². The molecule has 2 aromatic rings. The molecule has 0 saturated heterocycles. The largest absolute Gasteiger partial charge is 0.493 e. The molecule has 0 fully saturated rings. The van der Waals surface area contributed by atoms with Crippen molar-refractivity contribution in [1.82, 2.24) is 0 Å². The molecule has 0 atom stereocenters. The second-order valence-corrected chi connectivity index (χ2v) is 6.31. The van der Waals surface area contributed by atoms with Gasteiger partial charge in [-0.1, -0.05) is 6.07 Å². The van der Waals surface area contributed by atoms with E-state index in [1.165, 1.54) is 12.1 Å². The van der Waals surface area contributed by atoms with E-state index in [2.05, 4.69) is 0 Å². The first-order valence-corrected chi connectivity index (χ1v) is 8.89. The summed E-state index contributed by atoms with van der Waals surface area (Å²) in [5, 5.41) is 11.1. The fourth-order valence-corrected chi connectivity index (χ4v) is 3.01. The van der Waals surface area contributed by atoms with Crippen molar-refractivity contribution in [3.05, 3.63) is 57.1 Å². The van der Waals surface area contributed by atoms with Crippen molar-refractivity contribution in [2.45, 2.75) is 26.1 Å². The molecule has 0 bridgehead atoms. The zero-order valence-electron chi connectivity index (χ0n) is 16.1. The molecule has 0 N–H and O–H groups in total. The lowest BCUT2D eigenvalue weighted by atomic mass is 10.1. The van der Waals surface area contributed by atoms with Crippen LogP contribution >= 0.6 is 0 Å². The minimum atomic E-state index is -0.503. The number of benzene rings is 2. The third kappa shape index (κ3) is 4.94. The van der Waals surface area contributed by atoms with Gasteiger partial charge in [-0.25, -0.2) is 0 Å². The zero-order valence-corrected chi connectivity index (χ0v) is 16.1. The highest BCUT2D eigenvalue weighted by Crippen LogP contribution is 2.33. The van der Waals surface area contributed by atoms with Crippen LogP contribution < -0.4 is 14.2 Å². The van der Waals surface area contributed by atoms with Crippen molar-refractivity contribution in [2.75, 3.05) is 21.0 Å². The first kappa shape index (κ1) is 20.4. The summed E-state index contributed by atoms with van der Waals surface area (Å²) in [4.78, 5) is 22.8.